The maximum absolute atomic E-state index is 12.7. The first-order valence-corrected chi connectivity index (χ1v) is 5.84. The molecule has 0 saturated heterocycles. The number of aliphatic hydroxyl groups is 1. The van der Waals surface area contributed by atoms with Gasteiger partial charge < -0.3 is 10.4 Å². The summed E-state index contributed by atoms with van der Waals surface area (Å²) in [5, 5.41) is 12.9. The minimum Gasteiger partial charge on any atom is -0.393 e. The van der Waals surface area contributed by atoms with Crippen LogP contribution < -0.4 is 5.32 Å². The number of nitrogens with one attached hydrogen (secondary N) is 1. The number of hydrogen-bond donors (Lipinski definition) is 2. The molecule has 1 unspecified atom stereocenters. The molecule has 0 heterocycles. The normalized spacial score (nSPS) is 12.8. The molecule has 4 heteroatoms. The maximum atomic E-state index is 12.7. The topological polar surface area (TPSA) is 32.3 Å². The highest BCUT2D eigenvalue weighted by Crippen LogP contribution is 2.16. The van der Waals surface area contributed by atoms with Gasteiger partial charge in [-0.05, 0) is 37.1 Å². The number of benzene rings is 1. The second-order valence-corrected chi connectivity index (χ2v) is 4.17. The van der Waals surface area contributed by atoms with E-state index in [9.17, 15) is 9.50 Å². The van der Waals surface area contributed by atoms with Crippen molar-refractivity contribution in [2.75, 3.05) is 6.54 Å². The summed E-state index contributed by atoms with van der Waals surface area (Å²) in [4.78, 5) is 0. The van der Waals surface area contributed by atoms with Gasteiger partial charge in [0, 0.05) is 11.6 Å². The van der Waals surface area contributed by atoms with E-state index in [4.69, 9.17) is 11.6 Å². The van der Waals surface area contributed by atoms with Gasteiger partial charge in [0.1, 0.15) is 5.82 Å². The molecule has 0 aliphatic rings. The third-order valence-corrected chi connectivity index (χ3v) is 2.81. The molecule has 0 amide bonds. The summed E-state index contributed by atoms with van der Waals surface area (Å²) in [6, 6.07) is 4.37. The van der Waals surface area contributed by atoms with Crippen molar-refractivity contribution < 1.29 is 9.50 Å². The van der Waals surface area contributed by atoms with E-state index in [1.54, 1.807) is 6.07 Å². The molecule has 1 rings (SSSR count). The fraction of sp³-hybridized carbons (Fsp3) is 0.500. The van der Waals surface area contributed by atoms with E-state index < -0.39 is 0 Å². The molecule has 0 spiro atoms. The molecule has 0 saturated carbocycles. The molecule has 1 atom stereocenters. The Bertz CT molecular complexity index is 333. The van der Waals surface area contributed by atoms with Crippen molar-refractivity contribution in [2.24, 2.45) is 0 Å². The van der Waals surface area contributed by atoms with Crippen molar-refractivity contribution in [1.82, 2.24) is 5.32 Å². The first kappa shape index (κ1) is 13.4. The van der Waals surface area contributed by atoms with E-state index in [-0.39, 0.29) is 11.9 Å². The molecular weight excluding hydrogens is 229 g/mol. The lowest BCUT2D eigenvalue weighted by atomic mass is 10.2. The fourth-order valence-corrected chi connectivity index (χ4v) is 1.59. The van der Waals surface area contributed by atoms with Crippen LogP contribution in [0.5, 0.6) is 0 Å². The minimum atomic E-state index is -0.324. The standard InChI is InChI=1S/C12H17ClFNO/c1-2-11(16)5-6-15-8-9-3-4-10(14)7-12(9)13/h3-4,7,11,15-16H,2,5-6,8H2,1H3. The Morgan fingerprint density at radius 1 is 1.50 bits per heavy atom. The smallest absolute Gasteiger partial charge is 0.124 e. The lowest BCUT2D eigenvalue weighted by Gasteiger charge is -2.09. The van der Waals surface area contributed by atoms with E-state index in [1.807, 2.05) is 6.92 Å². The largest absolute Gasteiger partial charge is 0.393 e. The zero-order chi connectivity index (χ0) is 12.0. The molecule has 0 bridgehead atoms. The molecule has 16 heavy (non-hydrogen) atoms. The Morgan fingerprint density at radius 3 is 2.88 bits per heavy atom. The summed E-state index contributed by atoms with van der Waals surface area (Å²) >= 11 is 5.87. The van der Waals surface area contributed by atoms with Crippen LogP contribution in [0.2, 0.25) is 5.02 Å². The average Bonchev–Trinajstić information content (AvgIpc) is 2.26. The number of hydrogen-bond acceptors (Lipinski definition) is 2. The molecule has 0 radical (unpaired) electrons. The molecule has 0 aromatic heterocycles. The van der Waals surface area contributed by atoms with Gasteiger partial charge in [-0.15, -0.1) is 0 Å². The lowest BCUT2D eigenvalue weighted by molar-refractivity contribution is 0.159. The van der Waals surface area contributed by atoms with Crippen molar-refractivity contribution in [3.63, 3.8) is 0 Å². The fourth-order valence-electron chi connectivity index (χ4n) is 1.36. The van der Waals surface area contributed by atoms with Gasteiger partial charge in [0.05, 0.1) is 6.10 Å². The van der Waals surface area contributed by atoms with E-state index in [0.717, 1.165) is 24.9 Å². The Hall–Kier alpha value is -0.640. The zero-order valence-electron chi connectivity index (χ0n) is 9.34. The quantitative estimate of drug-likeness (QED) is 0.756. The van der Waals surface area contributed by atoms with Crippen LogP contribution >= 0.6 is 11.6 Å². The average molecular weight is 246 g/mol. The molecule has 1 aromatic carbocycles. The van der Waals surface area contributed by atoms with Crippen molar-refractivity contribution in [2.45, 2.75) is 32.4 Å². The molecule has 1 aromatic rings. The molecule has 0 aliphatic heterocycles. The predicted molar refractivity (Wildman–Crippen MR) is 64.0 cm³/mol. The highest BCUT2D eigenvalue weighted by atomic mass is 35.5. The highest BCUT2D eigenvalue weighted by molar-refractivity contribution is 6.31. The summed E-state index contributed by atoms with van der Waals surface area (Å²) in [6.07, 6.45) is 1.23. The number of aliphatic hydroxyl groups excluding tert-OH is 1. The molecule has 0 aliphatic carbocycles. The number of halogens is 2. The van der Waals surface area contributed by atoms with Crippen LogP contribution in [-0.4, -0.2) is 17.8 Å². The summed E-state index contributed by atoms with van der Waals surface area (Å²) < 4.78 is 12.7. The molecule has 2 N–H and O–H groups in total. The zero-order valence-corrected chi connectivity index (χ0v) is 10.1. The number of rotatable bonds is 6. The first-order chi connectivity index (χ1) is 7.63. The SMILES string of the molecule is CCC(O)CCNCc1ccc(F)cc1Cl. The Morgan fingerprint density at radius 2 is 2.25 bits per heavy atom. The third-order valence-electron chi connectivity index (χ3n) is 2.46. The molecule has 2 nitrogen and oxygen atoms in total. The van der Waals surface area contributed by atoms with Crippen molar-refractivity contribution in [1.29, 1.82) is 0 Å². The van der Waals surface area contributed by atoms with Crippen LogP contribution in [-0.2, 0) is 6.54 Å². The summed E-state index contributed by atoms with van der Waals surface area (Å²) in [5.41, 5.74) is 0.869. The van der Waals surface area contributed by atoms with Gasteiger partial charge in [0.25, 0.3) is 0 Å². The van der Waals surface area contributed by atoms with Gasteiger partial charge >= 0.3 is 0 Å². The van der Waals surface area contributed by atoms with Crippen molar-refractivity contribution in [3.05, 3.63) is 34.6 Å². The van der Waals surface area contributed by atoms with Crippen LogP contribution in [0.3, 0.4) is 0 Å². The van der Waals surface area contributed by atoms with E-state index in [1.165, 1.54) is 12.1 Å². The highest BCUT2D eigenvalue weighted by Gasteiger charge is 2.03. The van der Waals surface area contributed by atoms with E-state index >= 15 is 0 Å². The van der Waals surface area contributed by atoms with Gasteiger partial charge in [-0.1, -0.05) is 24.6 Å². The first-order valence-electron chi connectivity index (χ1n) is 5.46. The second-order valence-electron chi connectivity index (χ2n) is 3.76. The molecule has 0 fully saturated rings. The Balaban J connectivity index is 2.32. The summed E-state index contributed by atoms with van der Waals surface area (Å²) in [7, 11) is 0. The molecular formula is C12H17ClFNO. The van der Waals surface area contributed by atoms with Crippen LogP contribution in [0.25, 0.3) is 0 Å². The van der Waals surface area contributed by atoms with Crippen LogP contribution in [0.15, 0.2) is 18.2 Å². The van der Waals surface area contributed by atoms with Crippen molar-refractivity contribution >= 4 is 11.6 Å². The van der Waals surface area contributed by atoms with Gasteiger partial charge in [-0.25, -0.2) is 4.39 Å². The van der Waals surface area contributed by atoms with Crippen LogP contribution in [0, 0.1) is 5.82 Å². The van der Waals surface area contributed by atoms with Crippen molar-refractivity contribution in [3.8, 4) is 0 Å². The summed E-state index contributed by atoms with van der Waals surface area (Å²) in [5.74, 6) is -0.324. The second kappa shape index (κ2) is 6.84. The van der Waals surface area contributed by atoms with Crippen LogP contribution in [0.1, 0.15) is 25.3 Å². The van der Waals surface area contributed by atoms with Gasteiger partial charge in [-0.3, -0.25) is 0 Å². The van der Waals surface area contributed by atoms with E-state index in [0.29, 0.717) is 11.6 Å². The Labute approximate surface area is 100 Å². The summed E-state index contributed by atoms with van der Waals surface area (Å²) in [6.45, 7) is 3.26. The monoisotopic (exact) mass is 245 g/mol. The minimum absolute atomic E-state index is 0.254. The van der Waals surface area contributed by atoms with Gasteiger partial charge in [0.2, 0.25) is 0 Å². The predicted octanol–water partition coefficient (Wildman–Crippen LogP) is 2.73. The maximum Gasteiger partial charge on any atom is 0.124 e. The van der Waals surface area contributed by atoms with E-state index in [2.05, 4.69) is 5.32 Å². The Kier molecular flexibility index (Phi) is 5.74. The lowest BCUT2D eigenvalue weighted by Crippen LogP contribution is -2.19. The third kappa shape index (κ3) is 4.47. The van der Waals surface area contributed by atoms with Gasteiger partial charge in [0.15, 0.2) is 0 Å². The van der Waals surface area contributed by atoms with Gasteiger partial charge in [-0.2, -0.15) is 0 Å². The molecule has 90 valence electrons. The van der Waals surface area contributed by atoms with Crippen LogP contribution in [0.4, 0.5) is 4.39 Å².